The van der Waals surface area contributed by atoms with Crippen molar-refractivity contribution in [2.75, 3.05) is 6.54 Å². The Balaban J connectivity index is 2.33. The molecule has 1 saturated heterocycles. The molecule has 0 spiro atoms. The van der Waals surface area contributed by atoms with Gasteiger partial charge in [0.05, 0.1) is 0 Å². The van der Waals surface area contributed by atoms with Gasteiger partial charge in [-0.3, -0.25) is 0 Å². The summed E-state index contributed by atoms with van der Waals surface area (Å²) in [7, 11) is 0. The Morgan fingerprint density at radius 1 is 1.86 bits per heavy atom. The van der Waals surface area contributed by atoms with Gasteiger partial charge in [-0.2, -0.15) is 0 Å². The summed E-state index contributed by atoms with van der Waals surface area (Å²) in [6, 6.07) is 0.775. The van der Waals surface area contributed by atoms with Crippen molar-refractivity contribution in [1.29, 1.82) is 0 Å². The number of rotatable bonds is 1. The van der Waals surface area contributed by atoms with E-state index in [1.54, 1.807) is 0 Å². The quantitative estimate of drug-likeness (QED) is 0.445. The van der Waals surface area contributed by atoms with Gasteiger partial charge in [-0.1, -0.05) is 6.58 Å². The van der Waals surface area contributed by atoms with E-state index < -0.39 is 0 Å². The molecule has 0 saturated carbocycles. The highest BCUT2D eigenvalue weighted by Crippen LogP contribution is 2.20. The van der Waals surface area contributed by atoms with Crippen molar-refractivity contribution >= 4 is 0 Å². The van der Waals surface area contributed by atoms with E-state index in [-0.39, 0.29) is 0 Å². The van der Waals surface area contributed by atoms with Gasteiger partial charge in [-0.25, -0.2) is 0 Å². The van der Waals surface area contributed by atoms with Crippen LogP contribution in [-0.2, 0) is 0 Å². The van der Waals surface area contributed by atoms with Gasteiger partial charge in [0.2, 0.25) is 0 Å². The Morgan fingerprint density at radius 3 is 2.29 bits per heavy atom. The first-order chi connectivity index (χ1) is 3.22. The molecule has 1 heterocycles. The van der Waals surface area contributed by atoms with Crippen molar-refractivity contribution < 1.29 is 0 Å². The highest BCUT2D eigenvalue weighted by Gasteiger charge is 2.27. The van der Waals surface area contributed by atoms with Crippen molar-refractivity contribution in [2.24, 2.45) is 0 Å². The molecule has 40 valence electrons. The van der Waals surface area contributed by atoms with Crippen LogP contribution in [0.25, 0.3) is 0 Å². The van der Waals surface area contributed by atoms with E-state index in [1.165, 1.54) is 12.2 Å². The zero-order valence-corrected chi connectivity index (χ0v) is 4.94. The smallest absolute Gasteiger partial charge is 0.0434 e. The molecule has 1 aliphatic rings. The second kappa shape index (κ2) is 1.25. The summed E-state index contributed by atoms with van der Waals surface area (Å²) in [5.74, 6) is 0. The number of hydrogen-bond acceptors (Lipinski definition) is 1. The third-order valence-corrected chi connectivity index (χ3v) is 1.35. The van der Waals surface area contributed by atoms with Gasteiger partial charge in [0.15, 0.2) is 0 Å². The van der Waals surface area contributed by atoms with Gasteiger partial charge in [-0.05, 0) is 13.8 Å². The molecule has 0 aromatic carbocycles. The summed E-state index contributed by atoms with van der Waals surface area (Å²) >= 11 is 0. The molecule has 0 amide bonds. The third kappa shape index (κ3) is 0.763. The molecule has 0 N–H and O–H groups in total. The van der Waals surface area contributed by atoms with E-state index in [0.29, 0.717) is 0 Å². The minimum absolute atomic E-state index is 0.775. The zero-order valence-electron chi connectivity index (χ0n) is 4.94. The molecular weight excluding hydrogens is 86.1 g/mol. The van der Waals surface area contributed by atoms with Crippen LogP contribution in [0.4, 0.5) is 0 Å². The lowest BCUT2D eigenvalue weighted by molar-refractivity contribution is 0.645. The average molecular weight is 97.2 g/mol. The van der Waals surface area contributed by atoms with Crippen LogP contribution in [0.15, 0.2) is 12.3 Å². The monoisotopic (exact) mass is 97.1 g/mol. The molecule has 1 rings (SSSR count). The van der Waals surface area contributed by atoms with Gasteiger partial charge < -0.3 is 4.90 Å². The maximum absolute atomic E-state index is 3.79. The normalized spacial score (nSPS) is 27.7. The molecule has 1 nitrogen and oxygen atoms in total. The van der Waals surface area contributed by atoms with E-state index in [2.05, 4.69) is 18.4 Å². The maximum Gasteiger partial charge on any atom is 0.0434 e. The summed E-state index contributed by atoms with van der Waals surface area (Å²) in [6.07, 6.45) is 0. The molecule has 1 atom stereocenters. The molecule has 1 heteroatoms. The summed E-state index contributed by atoms with van der Waals surface area (Å²) in [5, 5.41) is 0. The summed E-state index contributed by atoms with van der Waals surface area (Å²) < 4.78 is 0. The fourth-order valence-corrected chi connectivity index (χ4v) is 0.770. The minimum Gasteiger partial charge on any atom is -0.369 e. The summed E-state index contributed by atoms with van der Waals surface area (Å²) in [6.45, 7) is 9.26. The third-order valence-electron chi connectivity index (χ3n) is 1.35. The average Bonchev–Trinajstić information content (AvgIpc) is 2.17. The van der Waals surface area contributed by atoms with Crippen LogP contribution >= 0.6 is 0 Å². The summed E-state index contributed by atoms with van der Waals surface area (Å²) in [5.41, 5.74) is 1.20. The lowest BCUT2D eigenvalue weighted by Gasteiger charge is -1.96. The highest BCUT2D eigenvalue weighted by molar-refractivity contribution is 5.02. The van der Waals surface area contributed by atoms with Crippen LogP contribution in [0.3, 0.4) is 0 Å². The minimum atomic E-state index is 0.775. The van der Waals surface area contributed by atoms with Gasteiger partial charge in [0, 0.05) is 18.3 Å². The first-order valence-electron chi connectivity index (χ1n) is 2.64. The first kappa shape index (κ1) is 4.69. The fourth-order valence-electron chi connectivity index (χ4n) is 0.770. The first-order valence-corrected chi connectivity index (χ1v) is 2.64. The molecule has 0 bridgehead atoms. The fraction of sp³-hybridized carbons (Fsp3) is 0.667. The van der Waals surface area contributed by atoms with Crippen LogP contribution in [0.2, 0.25) is 0 Å². The molecule has 1 fully saturated rings. The van der Waals surface area contributed by atoms with Crippen molar-refractivity contribution in [3.05, 3.63) is 12.3 Å². The Labute approximate surface area is 44.6 Å². The largest absolute Gasteiger partial charge is 0.369 e. The lowest BCUT2D eigenvalue weighted by atomic mass is 10.5. The predicted molar refractivity (Wildman–Crippen MR) is 31.0 cm³/mol. The van der Waals surface area contributed by atoms with E-state index in [9.17, 15) is 0 Å². The molecule has 7 heavy (non-hydrogen) atoms. The Morgan fingerprint density at radius 2 is 2.29 bits per heavy atom. The van der Waals surface area contributed by atoms with E-state index in [0.717, 1.165) is 6.04 Å². The van der Waals surface area contributed by atoms with E-state index in [4.69, 9.17) is 0 Å². The van der Waals surface area contributed by atoms with Crippen LogP contribution in [0.5, 0.6) is 0 Å². The Kier molecular flexibility index (Phi) is 0.841. The molecule has 0 aromatic heterocycles. The van der Waals surface area contributed by atoms with Gasteiger partial charge >= 0.3 is 0 Å². The second-order valence-corrected chi connectivity index (χ2v) is 2.24. The zero-order chi connectivity index (χ0) is 5.44. The number of allylic oxidation sites excluding steroid dienone is 1. The van der Waals surface area contributed by atoms with Crippen LogP contribution in [0.1, 0.15) is 13.8 Å². The van der Waals surface area contributed by atoms with Crippen LogP contribution in [-0.4, -0.2) is 17.5 Å². The van der Waals surface area contributed by atoms with Crippen molar-refractivity contribution in [2.45, 2.75) is 19.9 Å². The topological polar surface area (TPSA) is 3.01 Å². The lowest BCUT2D eigenvalue weighted by Crippen LogP contribution is -1.92. The van der Waals surface area contributed by atoms with Gasteiger partial charge in [0.1, 0.15) is 0 Å². The van der Waals surface area contributed by atoms with Crippen LogP contribution in [0, 0.1) is 0 Å². The Bertz CT molecular complexity index is 96.4. The van der Waals surface area contributed by atoms with Crippen molar-refractivity contribution in [1.82, 2.24) is 4.90 Å². The molecular formula is C6H11N. The standard InChI is InChI=1S/C6H11N/c1-5(2)7-4-6(7)3/h6H,1,4H2,2-3H3. The molecule has 1 unspecified atom stereocenters. The molecule has 0 aromatic rings. The predicted octanol–water partition coefficient (Wildman–Crippen LogP) is 1.22. The van der Waals surface area contributed by atoms with E-state index >= 15 is 0 Å². The summed E-state index contributed by atoms with van der Waals surface area (Å²) in [4.78, 5) is 2.26. The van der Waals surface area contributed by atoms with Gasteiger partial charge in [0.25, 0.3) is 0 Å². The van der Waals surface area contributed by atoms with Crippen molar-refractivity contribution in [3.63, 3.8) is 0 Å². The Hall–Kier alpha value is -0.460. The highest BCUT2D eigenvalue weighted by atomic mass is 15.3. The number of nitrogens with zero attached hydrogens (tertiary/aromatic N) is 1. The molecule has 0 aliphatic carbocycles. The molecule has 1 aliphatic heterocycles. The second-order valence-electron chi connectivity index (χ2n) is 2.24. The molecule has 0 radical (unpaired) electrons. The van der Waals surface area contributed by atoms with E-state index in [1.807, 2.05) is 6.92 Å². The SMILES string of the molecule is C=C(C)N1CC1C. The maximum atomic E-state index is 3.79. The van der Waals surface area contributed by atoms with Gasteiger partial charge in [-0.15, -0.1) is 0 Å². The van der Waals surface area contributed by atoms with Crippen molar-refractivity contribution in [3.8, 4) is 0 Å². The number of hydrogen-bond donors (Lipinski definition) is 0. The van der Waals surface area contributed by atoms with Crippen LogP contribution < -0.4 is 0 Å².